The maximum Gasteiger partial charge on any atom is 0.343 e. The van der Waals surface area contributed by atoms with Crippen LogP contribution in [0.15, 0.2) is 45.7 Å². The molecule has 0 fully saturated rings. The molecule has 0 unspecified atom stereocenters. The molecule has 3 rings (SSSR count). The summed E-state index contributed by atoms with van der Waals surface area (Å²) in [5.41, 5.74) is 1.38. The van der Waals surface area contributed by atoms with Gasteiger partial charge in [-0.3, -0.25) is 0 Å². The molecule has 2 heterocycles. The Kier molecular flexibility index (Phi) is 5.23. The largest absolute Gasteiger partial charge is 0.477 e. The van der Waals surface area contributed by atoms with Crippen molar-refractivity contribution in [2.45, 2.75) is 20.5 Å². The molecule has 0 aliphatic carbocycles. The van der Waals surface area contributed by atoms with E-state index in [0.29, 0.717) is 28.2 Å². The van der Waals surface area contributed by atoms with Crippen LogP contribution in [0.2, 0.25) is 5.02 Å². The quantitative estimate of drug-likeness (QED) is 0.498. The van der Waals surface area contributed by atoms with Crippen LogP contribution in [0, 0.1) is 6.92 Å². The number of rotatable bonds is 5. The molecule has 0 N–H and O–H groups in total. The predicted octanol–water partition coefficient (Wildman–Crippen LogP) is 3.91. The Balaban J connectivity index is 1.89. The van der Waals surface area contributed by atoms with E-state index in [2.05, 4.69) is 4.98 Å². The third-order valence-electron chi connectivity index (χ3n) is 3.74. The molecule has 2 aromatic heterocycles. The van der Waals surface area contributed by atoms with Crippen LogP contribution >= 0.6 is 11.6 Å². The molecule has 134 valence electrons. The third kappa shape index (κ3) is 3.70. The minimum atomic E-state index is -0.596. The van der Waals surface area contributed by atoms with Crippen LogP contribution in [0.1, 0.15) is 28.4 Å². The minimum absolute atomic E-state index is 0.110. The van der Waals surface area contributed by atoms with Gasteiger partial charge in [-0.25, -0.2) is 14.6 Å². The number of carbonyl (C=O) groups excluding carboxylic acids is 1. The number of hydrogen-bond acceptors (Lipinski definition) is 6. The van der Waals surface area contributed by atoms with Crippen LogP contribution in [0.3, 0.4) is 0 Å². The van der Waals surface area contributed by atoms with Gasteiger partial charge in [-0.15, -0.1) is 0 Å². The van der Waals surface area contributed by atoms with E-state index in [-0.39, 0.29) is 18.1 Å². The summed E-state index contributed by atoms with van der Waals surface area (Å²) in [5.74, 6) is -0.391. The number of benzene rings is 1. The summed E-state index contributed by atoms with van der Waals surface area (Å²) in [6.45, 7) is 3.87. The Bertz CT molecular complexity index is 1030. The van der Waals surface area contributed by atoms with Crippen molar-refractivity contribution in [3.05, 3.63) is 68.7 Å². The van der Waals surface area contributed by atoms with Crippen LogP contribution in [0.5, 0.6) is 5.88 Å². The summed E-state index contributed by atoms with van der Waals surface area (Å²) in [4.78, 5) is 28.2. The van der Waals surface area contributed by atoms with Gasteiger partial charge in [0.05, 0.1) is 6.61 Å². The average molecular weight is 374 g/mol. The van der Waals surface area contributed by atoms with Gasteiger partial charge in [0, 0.05) is 28.2 Å². The highest BCUT2D eigenvalue weighted by molar-refractivity contribution is 6.32. The van der Waals surface area contributed by atoms with Gasteiger partial charge < -0.3 is 13.9 Å². The summed E-state index contributed by atoms with van der Waals surface area (Å²) in [6.07, 6.45) is 1.53. The van der Waals surface area contributed by atoms with Crippen molar-refractivity contribution in [2.24, 2.45) is 0 Å². The van der Waals surface area contributed by atoms with E-state index in [9.17, 15) is 9.59 Å². The number of nitrogens with zero attached hydrogens (tertiary/aromatic N) is 1. The van der Waals surface area contributed by atoms with Crippen molar-refractivity contribution in [1.29, 1.82) is 0 Å². The molecular formula is C19H16ClNO5. The maximum absolute atomic E-state index is 12.4. The molecule has 0 bridgehead atoms. The maximum atomic E-state index is 12.4. The highest BCUT2D eigenvalue weighted by atomic mass is 35.5. The highest BCUT2D eigenvalue weighted by Gasteiger charge is 2.16. The van der Waals surface area contributed by atoms with E-state index in [1.54, 1.807) is 31.2 Å². The molecule has 3 aromatic rings. The van der Waals surface area contributed by atoms with Crippen molar-refractivity contribution < 1.29 is 18.7 Å². The molecule has 6 nitrogen and oxygen atoms in total. The van der Waals surface area contributed by atoms with Gasteiger partial charge in [0.25, 0.3) is 0 Å². The van der Waals surface area contributed by atoms with Crippen molar-refractivity contribution in [3.63, 3.8) is 0 Å². The van der Waals surface area contributed by atoms with E-state index in [1.807, 2.05) is 6.92 Å². The average Bonchev–Trinajstić information content (AvgIpc) is 2.61. The number of halogens is 1. The van der Waals surface area contributed by atoms with Gasteiger partial charge in [-0.05, 0) is 43.7 Å². The zero-order valence-corrected chi connectivity index (χ0v) is 15.0. The van der Waals surface area contributed by atoms with Gasteiger partial charge in [0.2, 0.25) is 5.88 Å². The Morgan fingerprint density at radius 1 is 1.31 bits per heavy atom. The third-order valence-corrected chi connectivity index (χ3v) is 4.15. The number of fused-ring (bicyclic) bond motifs is 1. The highest BCUT2D eigenvalue weighted by Crippen LogP contribution is 2.26. The Morgan fingerprint density at radius 3 is 2.88 bits per heavy atom. The lowest BCUT2D eigenvalue weighted by Gasteiger charge is -2.10. The lowest BCUT2D eigenvalue weighted by Crippen LogP contribution is -2.10. The summed E-state index contributed by atoms with van der Waals surface area (Å²) in [5, 5.41) is 1.15. The normalized spacial score (nSPS) is 10.7. The minimum Gasteiger partial charge on any atom is -0.477 e. The topological polar surface area (TPSA) is 78.6 Å². The first-order valence-corrected chi connectivity index (χ1v) is 8.35. The van der Waals surface area contributed by atoms with E-state index in [1.165, 1.54) is 12.3 Å². The van der Waals surface area contributed by atoms with Crippen LogP contribution < -0.4 is 10.4 Å². The fraction of sp³-hybridized carbons (Fsp3) is 0.211. The molecule has 0 atom stereocenters. The standard InChI is InChI=1S/C19H16ClNO5/c1-3-24-18-13(5-4-6-21-18)19(23)25-10-12-8-17(22)26-16-7-11(2)15(20)9-14(12)16/h4-9H,3,10H2,1-2H3. The fourth-order valence-electron chi connectivity index (χ4n) is 2.49. The zero-order valence-electron chi connectivity index (χ0n) is 14.2. The Hall–Kier alpha value is -2.86. The van der Waals surface area contributed by atoms with E-state index >= 15 is 0 Å². The van der Waals surface area contributed by atoms with Crippen molar-refractivity contribution in [3.8, 4) is 5.88 Å². The number of aryl methyl sites for hydroxylation is 1. The molecule has 1 aromatic carbocycles. The summed E-state index contributed by atoms with van der Waals surface area (Å²) in [6, 6.07) is 7.84. The number of hydrogen-bond donors (Lipinski definition) is 0. The van der Waals surface area contributed by atoms with Crippen LogP contribution in [-0.2, 0) is 11.3 Å². The lowest BCUT2D eigenvalue weighted by atomic mass is 10.1. The molecule has 0 amide bonds. The Labute approximate surface area is 154 Å². The monoisotopic (exact) mass is 373 g/mol. The lowest BCUT2D eigenvalue weighted by molar-refractivity contribution is 0.0468. The van der Waals surface area contributed by atoms with Gasteiger partial charge >= 0.3 is 11.6 Å². The number of pyridine rings is 1. The number of carbonyl (C=O) groups is 1. The smallest absolute Gasteiger partial charge is 0.343 e. The second-order valence-electron chi connectivity index (χ2n) is 5.55. The van der Waals surface area contributed by atoms with Gasteiger partial charge in [0.15, 0.2) is 0 Å². The molecule has 0 saturated carbocycles. The zero-order chi connectivity index (χ0) is 18.7. The van der Waals surface area contributed by atoms with Crippen LogP contribution in [0.4, 0.5) is 0 Å². The second-order valence-corrected chi connectivity index (χ2v) is 5.96. The van der Waals surface area contributed by atoms with Crippen molar-refractivity contribution in [2.75, 3.05) is 6.61 Å². The SMILES string of the molecule is CCOc1ncccc1C(=O)OCc1cc(=O)oc2cc(C)c(Cl)cc12. The van der Waals surface area contributed by atoms with E-state index in [0.717, 1.165) is 5.56 Å². The Morgan fingerprint density at radius 2 is 2.12 bits per heavy atom. The molecule has 7 heteroatoms. The van der Waals surface area contributed by atoms with Crippen LogP contribution in [0.25, 0.3) is 11.0 Å². The molecular weight excluding hydrogens is 358 g/mol. The molecule has 0 spiro atoms. The first-order valence-electron chi connectivity index (χ1n) is 7.97. The molecule has 0 radical (unpaired) electrons. The predicted molar refractivity (Wildman–Crippen MR) is 96.8 cm³/mol. The number of aromatic nitrogens is 1. The molecule has 0 aliphatic heterocycles. The van der Waals surface area contributed by atoms with Gasteiger partial charge in [0.1, 0.15) is 17.8 Å². The summed E-state index contributed by atoms with van der Waals surface area (Å²) < 4.78 is 15.9. The van der Waals surface area contributed by atoms with Crippen molar-refractivity contribution in [1.82, 2.24) is 4.98 Å². The van der Waals surface area contributed by atoms with Crippen molar-refractivity contribution >= 4 is 28.5 Å². The molecule has 26 heavy (non-hydrogen) atoms. The summed E-state index contributed by atoms with van der Waals surface area (Å²) in [7, 11) is 0. The number of ether oxygens (including phenoxy) is 2. The van der Waals surface area contributed by atoms with Crippen LogP contribution in [-0.4, -0.2) is 17.6 Å². The van der Waals surface area contributed by atoms with Gasteiger partial charge in [-0.1, -0.05) is 11.6 Å². The number of esters is 1. The molecule has 0 saturated heterocycles. The fourth-order valence-corrected chi connectivity index (χ4v) is 2.65. The first-order chi connectivity index (χ1) is 12.5. The molecule has 0 aliphatic rings. The van der Waals surface area contributed by atoms with E-state index < -0.39 is 11.6 Å². The van der Waals surface area contributed by atoms with Gasteiger partial charge in [-0.2, -0.15) is 0 Å². The second kappa shape index (κ2) is 7.58. The van der Waals surface area contributed by atoms with E-state index in [4.69, 9.17) is 25.5 Å². The summed E-state index contributed by atoms with van der Waals surface area (Å²) >= 11 is 6.16. The first kappa shape index (κ1) is 17.9.